The summed E-state index contributed by atoms with van der Waals surface area (Å²) in [5.74, 6) is 0.187. The molecular formula is C26H32N6O6S2. The average Bonchev–Trinajstić information content (AvgIpc) is 3.71. The molecule has 0 saturated carbocycles. The first-order valence-corrected chi connectivity index (χ1v) is 15.4. The zero-order valence-electron chi connectivity index (χ0n) is 22.3. The number of rotatable bonds is 11. The topological polar surface area (TPSA) is 144 Å². The van der Waals surface area contributed by atoms with Gasteiger partial charge in [0, 0.05) is 31.7 Å². The number of hydrogen-bond donors (Lipinski definition) is 2. The Balaban J connectivity index is 1.34. The van der Waals surface area contributed by atoms with Gasteiger partial charge in [0.1, 0.15) is 16.2 Å². The van der Waals surface area contributed by atoms with Crippen LogP contribution in [-0.4, -0.2) is 99.9 Å². The monoisotopic (exact) mass is 588 g/mol. The molecule has 40 heavy (non-hydrogen) atoms. The molecule has 214 valence electrons. The van der Waals surface area contributed by atoms with E-state index in [0.29, 0.717) is 53.7 Å². The van der Waals surface area contributed by atoms with Crippen LogP contribution >= 0.6 is 11.3 Å². The Morgan fingerprint density at radius 1 is 1.10 bits per heavy atom. The second-order valence-electron chi connectivity index (χ2n) is 9.81. The molecule has 1 aromatic carbocycles. The van der Waals surface area contributed by atoms with Crippen LogP contribution in [0.2, 0.25) is 0 Å². The zero-order valence-corrected chi connectivity index (χ0v) is 24.0. The normalized spacial score (nSPS) is 19.8. The minimum absolute atomic E-state index is 0.00157. The number of fused-ring (bicyclic) bond motifs is 1. The number of ether oxygens (including phenoxy) is 2. The summed E-state index contributed by atoms with van der Waals surface area (Å²) in [4.78, 5) is 31.0. The molecule has 3 aromatic rings. The standard InChI is InChI=1S/C26H32N6O6S2/c1-32(2)12-11-27-22-8-7-21-25(29-22)39-26(28-21)30-24(33)23(31-38-18-9-13-36-15-18)17-3-5-19(6-4-17)40(34,35)20-10-14-37-16-20/h3-8,18,20H,9-16H2,1-2H3,(H,27,29)(H,28,30,33)/b31-23+/t18-,20+/m1/s1. The highest BCUT2D eigenvalue weighted by molar-refractivity contribution is 7.92. The fourth-order valence-electron chi connectivity index (χ4n) is 4.23. The van der Waals surface area contributed by atoms with Gasteiger partial charge in [-0.05, 0) is 44.8 Å². The van der Waals surface area contributed by atoms with Gasteiger partial charge in [0.25, 0.3) is 5.91 Å². The second-order valence-corrected chi connectivity index (χ2v) is 13.0. The molecule has 5 rings (SSSR count). The van der Waals surface area contributed by atoms with Gasteiger partial charge in [-0.2, -0.15) is 0 Å². The van der Waals surface area contributed by atoms with Crippen molar-refractivity contribution in [2.24, 2.45) is 5.16 Å². The number of aromatic nitrogens is 2. The summed E-state index contributed by atoms with van der Waals surface area (Å²) < 4.78 is 36.5. The molecule has 0 radical (unpaired) electrons. The van der Waals surface area contributed by atoms with Gasteiger partial charge in [0.05, 0.1) is 30.0 Å². The summed E-state index contributed by atoms with van der Waals surface area (Å²) in [7, 11) is 0.465. The van der Waals surface area contributed by atoms with E-state index in [-0.39, 0.29) is 23.3 Å². The fourth-order valence-corrected chi connectivity index (χ4v) is 6.65. The Bertz CT molecular complexity index is 1460. The van der Waals surface area contributed by atoms with Crippen molar-refractivity contribution >= 4 is 54.1 Å². The molecule has 12 nitrogen and oxygen atoms in total. The second kappa shape index (κ2) is 12.6. The van der Waals surface area contributed by atoms with Gasteiger partial charge in [-0.25, -0.2) is 18.4 Å². The molecule has 1 amide bonds. The largest absolute Gasteiger partial charge is 0.389 e. The number of sulfone groups is 1. The number of amides is 1. The predicted molar refractivity (Wildman–Crippen MR) is 153 cm³/mol. The molecular weight excluding hydrogens is 556 g/mol. The van der Waals surface area contributed by atoms with Crippen molar-refractivity contribution in [2.45, 2.75) is 29.1 Å². The molecule has 2 aliphatic heterocycles. The van der Waals surface area contributed by atoms with Gasteiger partial charge in [0.2, 0.25) is 0 Å². The third-order valence-electron chi connectivity index (χ3n) is 6.52. The minimum atomic E-state index is -3.54. The summed E-state index contributed by atoms with van der Waals surface area (Å²) in [6.07, 6.45) is 0.851. The summed E-state index contributed by atoms with van der Waals surface area (Å²) in [5.41, 5.74) is 1.06. The van der Waals surface area contributed by atoms with Crippen LogP contribution in [0.1, 0.15) is 18.4 Å². The number of nitrogens with zero attached hydrogens (tertiary/aromatic N) is 4. The lowest BCUT2D eigenvalue weighted by Gasteiger charge is -2.12. The van der Waals surface area contributed by atoms with E-state index in [1.165, 1.54) is 23.5 Å². The van der Waals surface area contributed by atoms with Crippen LogP contribution < -0.4 is 10.6 Å². The summed E-state index contributed by atoms with van der Waals surface area (Å²) >= 11 is 1.24. The smallest absolute Gasteiger partial charge is 0.280 e. The van der Waals surface area contributed by atoms with Crippen molar-refractivity contribution in [2.75, 3.05) is 64.2 Å². The maximum absolute atomic E-state index is 13.4. The van der Waals surface area contributed by atoms with Gasteiger partial charge >= 0.3 is 0 Å². The molecule has 0 spiro atoms. The number of carbonyl (C=O) groups excluding carboxylic acids is 1. The van der Waals surface area contributed by atoms with Crippen molar-refractivity contribution in [3.8, 4) is 0 Å². The zero-order chi connectivity index (χ0) is 28.1. The average molecular weight is 589 g/mol. The van der Waals surface area contributed by atoms with Gasteiger partial charge in [-0.15, -0.1) is 0 Å². The lowest BCUT2D eigenvalue weighted by Crippen LogP contribution is -2.25. The molecule has 0 unspecified atom stereocenters. The summed E-state index contributed by atoms with van der Waals surface area (Å²) in [6.45, 7) is 3.16. The molecule has 0 aliphatic carbocycles. The van der Waals surface area contributed by atoms with Crippen LogP contribution in [0.5, 0.6) is 0 Å². The van der Waals surface area contributed by atoms with Crippen LogP contribution in [0.25, 0.3) is 10.3 Å². The molecule has 2 N–H and O–H groups in total. The van der Waals surface area contributed by atoms with Gasteiger partial charge in [-0.1, -0.05) is 28.6 Å². The quantitative estimate of drug-likeness (QED) is 0.253. The van der Waals surface area contributed by atoms with Gasteiger partial charge < -0.3 is 24.5 Å². The van der Waals surface area contributed by atoms with Crippen LogP contribution in [0.4, 0.5) is 10.9 Å². The maximum atomic E-state index is 13.4. The molecule has 2 aromatic heterocycles. The van der Waals surface area contributed by atoms with E-state index >= 15 is 0 Å². The number of pyridine rings is 1. The number of benzene rings is 1. The number of carbonyl (C=O) groups is 1. The molecule has 2 fully saturated rings. The highest BCUT2D eigenvalue weighted by Crippen LogP contribution is 2.27. The first-order valence-electron chi connectivity index (χ1n) is 13.0. The lowest BCUT2D eigenvalue weighted by atomic mass is 10.1. The maximum Gasteiger partial charge on any atom is 0.280 e. The van der Waals surface area contributed by atoms with E-state index in [2.05, 4.69) is 30.7 Å². The minimum Gasteiger partial charge on any atom is -0.389 e. The molecule has 2 saturated heterocycles. The van der Waals surface area contributed by atoms with Gasteiger partial charge in [0.15, 0.2) is 26.8 Å². The van der Waals surface area contributed by atoms with Crippen molar-refractivity contribution in [3.63, 3.8) is 0 Å². The van der Waals surface area contributed by atoms with Crippen LogP contribution in [0.15, 0.2) is 46.4 Å². The SMILES string of the molecule is CN(C)CCNc1ccc2nc(NC(=O)/C(=N/O[C@@H]3CCOC3)c3ccc(S(=O)(=O)[C@H]4CCOC4)cc3)sc2n1. The summed E-state index contributed by atoms with van der Waals surface area (Å²) in [6, 6.07) is 9.77. The molecule has 2 atom stereocenters. The van der Waals surface area contributed by atoms with Crippen molar-refractivity contribution in [1.82, 2.24) is 14.9 Å². The first kappa shape index (κ1) is 28.4. The van der Waals surface area contributed by atoms with Crippen molar-refractivity contribution in [3.05, 3.63) is 42.0 Å². The Kier molecular flexibility index (Phi) is 8.90. The third-order valence-corrected chi connectivity index (χ3v) is 9.58. The van der Waals surface area contributed by atoms with Crippen LogP contribution in [0.3, 0.4) is 0 Å². The number of oxime groups is 1. The van der Waals surface area contributed by atoms with E-state index in [1.807, 2.05) is 26.2 Å². The van der Waals surface area contributed by atoms with E-state index in [0.717, 1.165) is 18.9 Å². The number of hydrogen-bond acceptors (Lipinski definition) is 12. The molecule has 4 heterocycles. The van der Waals surface area contributed by atoms with E-state index < -0.39 is 21.0 Å². The number of likely N-dealkylation sites (N-methyl/N-ethyl adjacent to an activating group) is 1. The van der Waals surface area contributed by atoms with Crippen LogP contribution in [0, 0.1) is 0 Å². The third kappa shape index (κ3) is 6.75. The van der Waals surface area contributed by atoms with E-state index in [4.69, 9.17) is 14.3 Å². The molecule has 2 aliphatic rings. The Hall–Kier alpha value is -3.17. The highest BCUT2D eigenvalue weighted by atomic mass is 32.2. The summed E-state index contributed by atoms with van der Waals surface area (Å²) in [5, 5.41) is 10.0. The number of anilines is 2. The predicted octanol–water partition coefficient (Wildman–Crippen LogP) is 2.38. The lowest BCUT2D eigenvalue weighted by molar-refractivity contribution is -0.110. The van der Waals surface area contributed by atoms with Crippen molar-refractivity contribution < 1.29 is 27.5 Å². The van der Waals surface area contributed by atoms with Crippen molar-refractivity contribution in [1.29, 1.82) is 0 Å². The Morgan fingerprint density at radius 2 is 1.88 bits per heavy atom. The first-order chi connectivity index (χ1) is 19.3. The van der Waals surface area contributed by atoms with E-state index in [1.54, 1.807) is 12.1 Å². The van der Waals surface area contributed by atoms with Crippen LogP contribution in [-0.2, 0) is 28.9 Å². The molecule has 14 heteroatoms. The number of nitrogens with one attached hydrogen (secondary N) is 2. The fraction of sp³-hybridized carbons (Fsp3) is 0.462. The Morgan fingerprint density at radius 3 is 2.58 bits per heavy atom. The number of thiazole rings is 1. The Labute approximate surface area is 236 Å². The molecule has 0 bridgehead atoms. The van der Waals surface area contributed by atoms with E-state index in [9.17, 15) is 13.2 Å². The highest BCUT2D eigenvalue weighted by Gasteiger charge is 2.31. The van der Waals surface area contributed by atoms with Gasteiger partial charge in [-0.3, -0.25) is 10.1 Å².